The molecule has 0 heterocycles. The predicted octanol–water partition coefficient (Wildman–Crippen LogP) is -5.17. The summed E-state index contributed by atoms with van der Waals surface area (Å²) in [4.78, 5) is 28.0. The van der Waals surface area contributed by atoms with E-state index in [-0.39, 0.29) is 17.9 Å². The lowest BCUT2D eigenvalue weighted by Crippen LogP contribution is -3.06. The third-order valence-electron chi connectivity index (χ3n) is 1.70. The number of halogens is 1. The van der Waals surface area contributed by atoms with Gasteiger partial charge in [-0.1, -0.05) is 6.92 Å². The van der Waals surface area contributed by atoms with Crippen molar-refractivity contribution in [3.63, 3.8) is 0 Å². The Balaban J connectivity index is 0. The topological polar surface area (TPSA) is 65.1 Å². The zero-order valence-corrected chi connectivity index (χ0v) is 9.47. The predicted molar refractivity (Wildman–Crippen MR) is 44.1 cm³/mol. The monoisotopic (exact) mass is 215 g/mol. The normalized spacial score (nSPS) is 14.2. The first kappa shape index (κ1) is 14.8. The molecule has 0 aromatic heterocycles. The Hall–Kier alpha value is 0.347. The Morgan fingerprint density at radius 1 is 1.25 bits per heavy atom. The van der Waals surface area contributed by atoms with Crippen LogP contribution >= 0.6 is 0 Å². The molecular formula is C6H18ClNO3Si. The molecule has 0 aliphatic rings. The smallest absolute Gasteiger partial charge is 0.501 e. The van der Waals surface area contributed by atoms with Crippen LogP contribution in [0.2, 0.25) is 5.54 Å². The summed E-state index contributed by atoms with van der Waals surface area (Å²) in [5.41, 5.74) is -0.340. The standard InChI is InChI=1S/C6H17NO3Si.ClH/c1-4-6(5-7(2)3)11(8,9)10;/h6,8-10H,4-5H2,1-3H3;1H. The zero-order valence-electron chi connectivity index (χ0n) is 7.71. The molecule has 0 aromatic carbocycles. The van der Waals surface area contributed by atoms with Gasteiger partial charge in [0.25, 0.3) is 0 Å². The van der Waals surface area contributed by atoms with Gasteiger partial charge in [0.05, 0.1) is 26.2 Å². The highest BCUT2D eigenvalue weighted by Crippen LogP contribution is 2.15. The van der Waals surface area contributed by atoms with E-state index in [1.165, 1.54) is 0 Å². The fourth-order valence-corrected chi connectivity index (χ4v) is 2.28. The molecule has 0 saturated heterocycles. The van der Waals surface area contributed by atoms with Gasteiger partial charge in [-0.3, -0.25) is 0 Å². The molecule has 0 radical (unpaired) electrons. The van der Waals surface area contributed by atoms with Crippen LogP contribution in [0.3, 0.4) is 0 Å². The lowest BCUT2D eigenvalue weighted by Gasteiger charge is -2.21. The maximum Gasteiger partial charge on any atom is 0.501 e. The molecule has 12 heavy (non-hydrogen) atoms. The molecular weight excluding hydrogens is 198 g/mol. The van der Waals surface area contributed by atoms with Crippen molar-refractivity contribution in [2.24, 2.45) is 0 Å². The summed E-state index contributed by atoms with van der Waals surface area (Å²) in [6, 6.07) is 0. The van der Waals surface area contributed by atoms with Gasteiger partial charge in [-0.05, 0) is 6.42 Å². The van der Waals surface area contributed by atoms with Crippen molar-refractivity contribution in [3.05, 3.63) is 0 Å². The highest BCUT2D eigenvalue weighted by Gasteiger charge is 2.39. The summed E-state index contributed by atoms with van der Waals surface area (Å²) in [6.45, 7) is 2.45. The van der Waals surface area contributed by atoms with E-state index in [0.29, 0.717) is 13.0 Å². The molecule has 76 valence electrons. The Morgan fingerprint density at radius 3 is 1.75 bits per heavy atom. The number of rotatable bonds is 4. The van der Waals surface area contributed by atoms with E-state index in [1.54, 1.807) is 0 Å². The molecule has 4 nitrogen and oxygen atoms in total. The average molecular weight is 216 g/mol. The van der Waals surface area contributed by atoms with Gasteiger partial charge in [0, 0.05) is 0 Å². The van der Waals surface area contributed by atoms with Crippen LogP contribution in [0.4, 0.5) is 0 Å². The number of nitrogens with one attached hydrogen (secondary N) is 1. The van der Waals surface area contributed by atoms with E-state index in [1.807, 2.05) is 21.0 Å². The van der Waals surface area contributed by atoms with Gasteiger partial charge in [0.2, 0.25) is 0 Å². The average Bonchev–Trinajstić information content (AvgIpc) is 1.79. The largest absolute Gasteiger partial charge is 1.00 e. The van der Waals surface area contributed by atoms with Crippen LogP contribution in [0.25, 0.3) is 0 Å². The molecule has 0 bridgehead atoms. The van der Waals surface area contributed by atoms with Gasteiger partial charge < -0.3 is 31.7 Å². The molecule has 1 atom stereocenters. The first-order chi connectivity index (χ1) is 4.88. The van der Waals surface area contributed by atoms with Crippen LogP contribution < -0.4 is 17.3 Å². The van der Waals surface area contributed by atoms with Gasteiger partial charge in [0.15, 0.2) is 0 Å². The van der Waals surface area contributed by atoms with Gasteiger partial charge in [-0.15, -0.1) is 0 Å². The molecule has 0 amide bonds. The minimum Gasteiger partial charge on any atom is -1.00 e. The second-order valence-corrected chi connectivity index (χ2v) is 5.39. The second kappa shape index (κ2) is 5.90. The van der Waals surface area contributed by atoms with Gasteiger partial charge >= 0.3 is 8.80 Å². The molecule has 1 unspecified atom stereocenters. The van der Waals surface area contributed by atoms with Crippen LogP contribution in [0.5, 0.6) is 0 Å². The van der Waals surface area contributed by atoms with E-state index in [9.17, 15) is 0 Å². The number of hydrogen-bond acceptors (Lipinski definition) is 3. The van der Waals surface area contributed by atoms with Gasteiger partial charge in [0.1, 0.15) is 0 Å². The maximum absolute atomic E-state index is 8.96. The third-order valence-corrected chi connectivity index (χ3v) is 3.40. The van der Waals surface area contributed by atoms with Crippen LogP contribution in [0.1, 0.15) is 13.3 Å². The van der Waals surface area contributed by atoms with E-state index >= 15 is 0 Å². The Bertz CT molecular complexity index is 118. The molecule has 0 rings (SSSR count). The Morgan fingerprint density at radius 2 is 1.67 bits per heavy atom. The van der Waals surface area contributed by atoms with Crippen LogP contribution in [-0.4, -0.2) is 43.8 Å². The minimum atomic E-state index is -3.87. The highest BCUT2D eigenvalue weighted by molar-refractivity contribution is 6.58. The molecule has 0 spiro atoms. The van der Waals surface area contributed by atoms with Crippen molar-refractivity contribution >= 4 is 8.80 Å². The van der Waals surface area contributed by atoms with E-state index < -0.39 is 8.80 Å². The van der Waals surface area contributed by atoms with Crippen LogP contribution in [0.15, 0.2) is 0 Å². The minimum absolute atomic E-state index is 0. The molecule has 0 saturated carbocycles. The van der Waals surface area contributed by atoms with Crippen LogP contribution in [0, 0.1) is 0 Å². The summed E-state index contributed by atoms with van der Waals surface area (Å²) < 4.78 is 0. The first-order valence-electron chi connectivity index (χ1n) is 3.84. The van der Waals surface area contributed by atoms with Crippen molar-refractivity contribution in [1.82, 2.24) is 0 Å². The molecule has 0 fully saturated rings. The van der Waals surface area contributed by atoms with Crippen molar-refractivity contribution in [3.8, 4) is 0 Å². The lowest BCUT2D eigenvalue weighted by atomic mass is 10.3. The van der Waals surface area contributed by atoms with E-state index in [2.05, 4.69) is 0 Å². The quantitative estimate of drug-likeness (QED) is 0.355. The van der Waals surface area contributed by atoms with Crippen molar-refractivity contribution in [1.29, 1.82) is 0 Å². The molecule has 0 aliphatic heterocycles. The van der Waals surface area contributed by atoms with Gasteiger partial charge in [-0.25, -0.2) is 0 Å². The second-order valence-electron chi connectivity index (χ2n) is 3.20. The van der Waals surface area contributed by atoms with Crippen molar-refractivity contribution in [2.45, 2.75) is 18.9 Å². The summed E-state index contributed by atoms with van der Waals surface area (Å²) in [5, 5.41) is 0. The summed E-state index contributed by atoms with van der Waals surface area (Å²) in [6.07, 6.45) is 0.612. The lowest BCUT2D eigenvalue weighted by molar-refractivity contribution is -0.858. The fraction of sp³-hybridized carbons (Fsp3) is 1.00. The third kappa shape index (κ3) is 5.93. The van der Waals surface area contributed by atoms with Crippen LogP contribution in [-0.2, 0) is 0 Å². The number of quaternary nitrogens is 1. The zero-order chi connectivity index (χ0) is 9.07. The molecule has 4 N–H and O–H groups in total. The van der Waals surface area contributed by atoms with E-state index in [4.69, 9.17) is 14.4 Å². The first-order valence-corrected chi connectivity index (χ1v) is 5.76. The van der Waals surface area contributed by atoms with E-state index in [0.717, 1.165) is 4.90 Å². The van der Waals surface area contributed by atoms with Crippen molar-refractivity contribution < 1.29 is 31.7 Å². The Kier molecular flexibility index (Phi) is 7.30. The molecule has 0 aliphatic carbocycles. The Labute approximate surface area is 80.6 Å². The SMILES string of the molecule is CCC(C[NH+](C)C)[Si](O)(O)O.[Cl-]. The maximum atomic E-state index is 8.96. The highest BCUT2D eigenvalue weighted by atomic mass is 35.5. The summed E-state index contributed by atoms with van der Waals surface area (Å²) in [5.74, 6) is 0. The van der Waals surface area contributed by atoms with Gasteiger partial charge in [-0.2, -0.15) is 0 Å². The molecule has 0 aromatic rings. The molecule has 6 heteroatoms. The van der Waals surface area contributed by atoms with Crippen molar-refractivity contribution in [2.75, 3.05) is 20.6 Å². The number of hydrogen-bond donors (Lipinski definition) is 4. The summed E-state index contributed by atoms with van der Waals surface area (Å²) in [7, 11) is -0.0314. The summed E-state index contributed by atoms with van der Waals surface area (Å²) >= 11 is 0. The fourth-order valence-electron chi connectivity index (χ4n) is 1.05.